The summed E-state index contributed by atoms with van der Waals surface area (Å²) in [5.74, 6) is 0. The van der Waals surface area contributed by atoms with E-state index >= 15 is 0 Å². The molecule has 0 amide bonds. The van der Waals surface area contributed by atoms with Crippen molar-refractivity contribution in [3.63, 3.8) is 0 Å². The van der Waals surface area contributed by atoms with Crippen LogP contribution in [0, 0.1) is 6.92 Å². The van der Waals surface area contributed by atoms with Crippen molar-refractivity contribution in [1.82, 2.24) is 0 Å². The number of hydrogen-bond acceptors (Lipinski definition) is 2. The molecule has 0 spiro atoms. The van der Waals surface area contributed by atoms with E-state index in [-0.39, 0.29) is 53.8 Å². The molecule has 0 saturated heterocycles. The van der Waals surface area contributed by atoms with Crippen molar-refractivity contribution in [3.05, 3.63) is 6.92 Å². The molecule has 0 aliphatic carbocycles. The van der Waals surface area contributed by atoms with Crippen LogP contribution in [0.15, 0.2) is 0 Å². The second kappa shape index (κ2) is 31.8. The molecule has 0 fully saturated rings. The standard InChI is InChI=1S/C4H7O2.C2H5.W.Y/c1-2-3-6-4-5;1-2;;/h2-3H2,1H3;1H2,2H3;;/q2*-1;+2;. The predicted molar refractivity (Wildman–Crippen MR) is 33.0 cm³/mol. The molecule has 0 aromatic carbocycles. The minimum absolute atomic E-state index is 0. The molecule has 1 radical (unpaired) electrons. The summed E-state index contributed by atoms with van der Waals surface area (Å²) >= 11 is 0. The van der Waals surface area contributed by atoms with Crippen molar-refractivity contribution < 1.29 is 63.3 Å². The molecule has 2 nitrogen and oxygen atoms in total. The summed E-state index contributed by atoms with van der Waals surface area (Å²) in [7, 11) is 0. The van der Waals surface area contributed by atoms with Crippen LogP contribution in [0.4, 0.5) is 0 Å². The Morgan fingerprint density at radius 3 is 2.00 bits per heavy atom. The molecule has 57 valence electrons. The molecule has 0 aliphatic rings. The van der Waals surface area contributed by atoms with E-state index in [1.807, 2.05) is 6.92 Å². The van der Waals surface area contributed by atoms with Gasteiger partial charge in [-0.1, -0.05) is 13.4 Å². The summed E-state index contributed by atoms with van der Waals surface area (Å²) in [6.45, 7) is 8.74. The predicted octanol–water partition coefficient (Wildman–Crippen LogP) is 1.32. The molecule has 0 aromatic rings. The Kier molecular flexibility index (Phi) is 71.5. The van der Waals surface area contributed by atoms with E-state index in [1.54, 1.807) is 6.92 Å². The van der Waals surface area contributed by atoms with Crippen LogP contribution >= 0.6 is 0 Å². The van der Waals surface area contributed by atoms with Crippen molar-refractivity contribution in [1.29, 1.82) is 0 Å². The Balaban J connectivity index is -0.0000000412. The van der Waals surface area contributed by atoms with Crippen LogP contribution in [0.2, 0.25) is 0 Å². The van der Waals surface area contributed by atoms with Crippen LogP contribution in [0.25, 0.3) is 0 Å². The molecule has 0 atom stereocenters. The van der Waals surface area contributed by atoms with Gasteiger partial charge in [-0.25, -0.2) is 0 Å². The van der Waals surface area contributed by atoms with Crippen LogP contribution in [0.3, 0.4) is 0 Å². The second-order valence-corrected chi connectivity index (χ2v) is 0.932. The number of ether oxygens (including phenoxy) is 1. The largest absolute Gasteiger partial charge is 2.00 e. The summed E-state index contributed by atoms with van der Waals surface area (Å²) < 4.78 is 4.18. The minimum atomic E-state index is 0. The van der Waals surface area contributed by atoms with Crippen molar-refractivity contribution in [2.24, 2.45) is 0 Å². The van der Waals surface area contributed by atoms with Crippen LogP contribution < -0.4 is 0 Å². The minimum Gasteiger partial charge on any atom is -0.653 e. The van der Waals surface area contributed by atoms with Gasteiger partial charge in [0.25, 0.3) is 0 Å². The zero-order chi connectivity index (χ0) is 6.83. The fourth-order valence-electron chi connectivity index (χ4n) is 0.144. The van der Waals surface area contributed by atoms with Gasteiger partial charge in [-0.05, 0) is 6.42 Å². The molecule has 0 bridgehead atoms. The van der Waals surface area contributed by atoms with Gasteiger partial charge in [0.05, 0.1) is 0 Å². The first-order valence-electron chi connectivity index (χ1n) is 2.61. The van der Waals surface area contributed by atoms with Crippen LogP contribution in [0.5, 0.6) is 0 Å². The average Bonchev–Trinajstić information content (AvgIpc) is 1.88. The molecular weight excluding hydrogens is 377 g/mol. The van der Waals surface area contributed by atoms with Crippen LogP contribution in [0.1, 0.15) is 20.3 Å². The third kappa shape index (κ3) is 34.8. The van der Waals surface area contributed by atoms with Gasteiger partial charge in [-0.15, -0.1) is 0 Å². The first-order chi connectivity index (χ1) is 3.91. The molecule has 0 aromatic heterocycles. The molecule has 0 rings (SSSR count). The van der Waals surface area contributed by atoms with Crippen molar-refractivity contribution in [2.45, 2.75) is 20.3 Å². The van der Waals surface area contributed by atoms with E-state index in [0.717, 1.165) is 6.42 Å². The van der Waals surface area contributed by atoms with Gasteiger partial charge in [-0.2, -0.15) is 6.92 Å². The van der Waals surface area contributed by atoms with E-state index in [1.165, 1.54) is 6.47 Å². The van der Waals surface area contributed by atoms with Crippen LogP contribution in [-0.4, -0.2) is 13.1 Å². The Bertz CT molecular complexity index is 44.7. The molecule has 0 unspecified atom stereocenters. The topological polar surface area (TPSA) is 26.3 Å². The maximum absolute atomic E-state index is 9.22. The quantitative estimate of drug-likeness (QED) is 0.538. The smallest absolute Gasteiger partial charge is 0.653 e. The van der Waals surface area contributed by atoms with Gasteiger partial charge in [0.2, 0.25) is 0 Å². The maximum atomic E-state index is 9.22. The Hall–Kier alpha value is 1.26. The van der Waals surface area contributed by atoms with Gasteiger partial charge in [0.1, 0.15) is 0 Å². The first kappa shape index (κ1) is 22.5. The summed E-state index contributed by atoms with van der Waals surface area (Å²) in [6, 6.07) is 0. The SMILES string of the molecule is CCCO[C-]=O.[CH2-]C.[W+2].[Y]. The maximum Gasteiger partial charge on any atom is 2.00 e. The zero-order valence-corrected chi connectivity index (χ0v) is 12.2. The zero-order valence-electron chi connectivity index (χ0n) is 6.42. The fourth-order valence-corrected chi connectivity index (χ4v) is 0.144. The first-order valence-corrected chi connectivity index (χ1v) is 2.61. The van der Waals surface area contributed by atoms with Crippen LogP contribution in [-0.2, 0) is 63.3 Å². The molecule has 4 heteroatoms. The van der Waals surface area contributed by atoms with Crippen molar-refractivity contribution >= 4 is 6.47 Å². The Morgan fingerprint density at radius 1 is 1.50 bits per heavy atom. The van der Waals surface area contributed by atoms with E-state index in [4.69, 9.17) is 0 Å². The normalized spacial score (nSPS) is 5.10. The van der Waals surface area contributed by atoms with Gasteiger partial charge >= 0.3 is 21.1 Å². The molecule has 10 heavy (non-hydrogen) atoms. The van der Waals surface area contributed by atoms with Gasteiger partial charge < -0.3 is 16.5 Å². The van der Waals surface area contributed by atoms with E-state index < -0.39 is 0 Å². The van der Waals surface area contributed by atoms with Gasteiger partial charge in [-0.3, -0.25) is 0 Å². The Labute approximate surface area is 103 Å². The van der Waals surface area contributed by atoms with E-state index in [2.05, 4.69) is 11.7 Å². The summed E-state index contributed by atoms with van der Waals surface area (Å²) in [5.41, 5.74) is 0. The monoisotopic (exact) mass is 389 g/mol. The third-order valence-corrected chi connectivity index (χ3v) is 0.365. The summed E-state index contributed by atoms with van der Waals surface area (Å²) in [4.78, 5) is 9.22. The fraction of sp³-hybridized carbons (Fsp3) is 0.667. The van der Waals surface area contributed by atoms with Gasteiger partial charge in [0, 0.05) is 39.3 Å². The average molecular weight is 389 g/mol. The summed E-state index contributed by atoms with van der Waals surface area (Å²) in [5, 5.41) is 0. The van der Waals surface area contributed by atoms with Crippen molar-refractivity contribution in [3.8, 4) is 0 Å². The molecular formula is C6H12O2WY. The van der Waals surface area contributed by atoms with E-state index in [9.17, 15) is 4.79 Å². The van der Waals surface area contributed by atoms with Gasteiger partial charge in [0.15, 0.2) is 0 Å². The number of carbonyl (C=O) groups excluding carboxylic acids is 1. The number of hydrogen-bond donors (Lipinski definition) is 0. The Morgan fingerprint density at radius 2 is 1.90 bits per heavy atom. The number of rotatable bonds is 3. The summed E-state index contributed by atoms with van der Waals surface area (Å²) in [6.07, 6.45) is 0.870. The molecule has 0 aliphatic heterocycles. The molecule has 0 saturated carbocycles. The molecule has 0 N–H and O–H groups in total. The molecule has 0 heterocycles. The third-order valence-electron chi connectivity index (χ3n) is 0.365. The van der Waals surface area contributed by atoms with E-state index in [0.29, 0.717) is 6.61 Å². The van der Waals surface area contributed by atoms with Crippen molar-refractivity contribution in [2.75, 3.05) is 6.61 Å². The second-order valence-electron chi connectivity index (χ2n) is 0.932.